The van der Waals surface area contributed by atoms with Crippen LogP contribution in [0.1, 0.15) is 42.7 Å². The number of ether oxygens (including phenoxy) is 1. The summed E-state index contributed by atoms with van der Waals surface area (Å²) >= 11 is 6.05. The van der Waals surface area contributed by atoms with Crippen LogP contribution in [0.2, 0.25) is 5.02 Å². The van der Waals surface area contributed by atoms with E-state index in [0.29, 0.717) is 35.2 Å². The van der Waals surface area contributed by atoms with Crippen LogP contribution >= 0.6 is 11.6 Å². The molecule has 23 heavy (non-hydrogen) atoms. The maximum absolute atomic E-state index is 11.3. The Morgan fingerprint density at radius 1 is 1.22 bits per heavy atom. The Hall–Kier alpha value is -2.07. The summed E-state index contributed by atoms with van der Waals surface area (Å²) in [6.07, 6.45) is 2.34. The Bertz CT molecular complexity index is 701. The maximum atomic E-state index is 11.3. The minimum Gasteiger partial charge on any atom is -0.493 e. The molecule has 2 aromatic rings. The second-order valence-electron chi connectivity index (χ2n) is 5.23. The number of nitrogens with zero attached hydrogens (tertiary/aromatic N) is 1. The molecule has 0 unspecified atom stereocenters. The van der Waals surface area contributed by atoms with Gasteiger partial charge in [0.15, 0.2) is 0 Å². The molecule has 0 aliphatic heterocycles. The van der Waals surface area contributed by atoms with Crippen LogP contribution in [-0.2, 0) is 6.42 Å². The number of benzene rings is 1. The molecule has 1 aromatic carbocycles. The van der Waals surface area contributed by atoms with Crippen molar-refractivity contribution in [1.82, 2.24) is 4.98 Å². The summed E-state index contributed by atoms with van der Waals surface area (Å²) in [7, 11) is 0. The predicted octanol–water partition coefficient (Wildman–Crippen LogP) is 4.84. The molecule has 0 saturated heterocycles. The number of rotatable bonds is 7. The number of aromatic nitrogens is 1. The summed E-state index contributed by atoms with van der Waals surface area (Å²) in [6.45, 7) is 4.61. The smallest absolute Gasteiger partial charge is 0.337 e. The topological polar surface area (TPSA) is 59.4 Å². The summed E-state index contributed by atoms with van der Waals surface area (Å²) < 4.78 is 5.76. The zero-order chi connectivity index (χ0) is 16.8. The maximum Gasteiger partial charge on any atom is 0.337 e. The summed E-state index contributed by atoms with van der Waals surface area (Å²) in [5.74, 6) is -0.288. The zero-order valence-corrected chi connectivity index (χ0v) is 14.1. The molecule has 0 aliphatic carbocycles. The van der Waals surface area contributed by atoms with E-state index in [1.807, 2.05) is 19.9 Å². The highest BCUT2D eigenvalue weighted by atomic mass is 35.5. The second-order valence-corrected chi connectivity index (χ2v) is 5.67. The van der Waals surface area contributed by atoms with Crippen LogP contribution in [0, 0.1) is 0 Å². The van der Waals surface area contributed by atoms with Gasteiger partial charge in [-0.1, -0.05) is 31.9 Å². The first kappa shape index (κ1) is 17.3. The highest BCUT2D eigenvalue weighted by Crippen LogP contribution is 2.32. The minimum absolute atomic E-state index is 0.251. The number of aromatic carboxylic acids is 1. The fourth-order valence-corrected chi connectivity index (χ4v) is 2.47. The SMILES string of the molecule is CCCOc1cc(Cl)ccc1-c1ccc(C(=O)O)c(CCC)n1. The highest BCUT2D eigenvalue weighted by Gasteiger charge is 2.15. The quantitative estimate of drug-likeness (QED) is 0.787. The van der Waals surface area contributed by atoms with Crippen molar-refractivity contribution in [1.29, 1.82) is 0 Å². The number of pyridine rings is 1. The second kappa shape index (κ2) is 7.97. The highest BCUT2D eigenvalue weighted by molar-refractivity contribution is 6.30. The Morgan fingerprint density at radius 3 is 2.65 bits per heavy atom. The molecular weight excluding hydrogens is 314 g/mol. The van der Waals surface area contributed by atoms with Crippen molar-refractivity contribution in [3.8, 4) is 17.0 Å². The first-order chi connectivity index (χ1) is 11.1. The van der Waals surface area contributed by atoms with E-state index in [-0.39, 0.29) is 5.56 Å². The van der Waals surface area contributed by atoms with Gasteiger partial charge in [0.05, 0.1) is 23.6 Å². The number of halogens is 1. The van der Waals surface area contributed by atoms with E-state index in [1.165, 1.54) is 0 Å². The van der Waals surface area contributed by atoms with Crippen LogP contribution < -0.4 is 4.74 Å². The van der Waals surface area contributed by atoms with E-state index in [9.17, 15) is 9.90 Å². The first-order valence-electron chi connectivity index (χ1n) is 7.72. The number of carboxylic acids is 1. The van der Waals surface area contributed by atoms with Crippen molar-refractivity contribution >= 4 is 17.6 Å². The molecule has 122 valence electrons. The lowest BCUT2D eigenvalue weighted by Gasteiger charge is -2.13. The van der Waals surface area contributed by atoms with Gasteiger partial charge >= 0.3 is 5.97 Å². The Labute approximate surface area is 141 Å². The number of hydrogen-bond acceptors (Lipinski definition) is 3. The lowest BCUT2D eigenvalue weighted by atomic mass is 10.1. The van der Waals surface area contributed by atoms with E-state index in [4.69, 9.17) is 16.3 Å². The zero-order valence-electron chi connectivity index (χ0n) is 13.3. The summed E-state index contributed by atoms with van der Waals surface area (Å²) in [4.78, 5) is 15.9. The van der Waals surface area contributed by atoms with Crippen LogP contribution in [0.5, 0.6) is 5.75 Å². The van der Waals surface area contributed by atoms with Crippen molar-refractivity contribution in [2.45, 2.75) is 33.1 Å². The monoisotopic (exact) mass is 333 g/mol. The standard InChI is InChI=1S/C18H20ClNO3/c1-3-5-15-14(18(21)22)8-9-16(20-15)13-7-6-12(19)11-17(13)23-10-4-2/h6-9,11H,3-5,10H2,1-2H3,(H,21,22). The Balaban J connectivity index is 2.49. The fourth-order valence-electron chi connectivity index (χ4n) is 2.31. The molecule has 2 rings (SSSR count). The average molecular weight is 334 g/mol. The minimum atomic E-state index is -0.953. The van der Waals surface area contributed by atoms with Crippen molar-refractivity contribution in [3.05, 3.63) is 46.6 Å². The van der Waals surface area contributed by atoms with Gasteiger partial charge in [-0.05, 0) is 43.2 Å². The van der Waals surface area contributed by atoms with Crippen molar-refractivity contribution in [2.24, 2.45) is 0 Å². The van der Waals surface area contributed by atoms with Gasteiger partial charge < -0.3 is 9.84 Å². The first-order valence-corrected chi connectivity index (χ1v) is 8.10. The molecule has 1 aromatic heterocycles. The molecule has 0 fully saturated rings. The van der Waals surface area contributed by atoms with Gasteiger partial charge in [-0.3, -0.25) is 4.98 Å². The summed E-state index contributed by atoms with van der Waals surface area (Å²) in [5, 5.41) is 9.87. The number of carbonyl (C=O) groups is 1. The third kappa shape index (κ3) is 4.23. The molecule has 1 heterocycles. The molecule has 0 bridgehead atoms. The third-order valence-corrected chi connectivity index (χ3v) is 3.61. The normalized spacial score (nSPS) is 10.6. The largest absolute Gasteiger partial charge is 0.493 e. The van der Waals surface area contributed by atoms with Crippen LogP contribution in [-0.4, -0.2) is 22.7 Å². The van der Waals surface area contributed by atoms with Crippen molar-refractivity contribution < 1.29 is 14.6 Å². The van der Waals surface area contributed by atoms with Gasteiger partial charge in [0.1, 0.15) is 5.75 Å². The summed E-state index contributed by atoms with van der Waals surface area (Å²) in [5.41, 5.74) is 2.35. The van der Waals surface area contributed by atoms with Crippen LogP contribution in [0.4, 0.5) is 0 Å². The van der Waals surface area contributed by atoms with E-state index in [2.05, 4.69) is 4.98 Å². The van der Waals surface area contributed by atoms with Crippen LogP contribution in [0.3, 0.4) is 0 Å². The van der Waals surface area contributed by atoms with E-state index in [1.54, 1.807) is 24.3 Å². The van der Waals surface area contributed by atoms with Gasteiger partial charge in [0.25, 0.3) is 0 Å². The number of carboxylic acid groups (broad SMARTS) is 1. The average Bonchev–Trinajstić information content (AvgIpc) is 2.53. The van der Waals surface area contributed by atoms with Crippen LogP contribution in [0.15, 0.2) is 30.3 Å². The number of aryl methyl sites for hydroxylation is 1. The Morgan fingerprint density at radius 2 is 2.00 bits per heavy atom. The molecule has 0 radical (unpaired) electrons. The molecule has 4 nitrogen and oxygen atoms in total. The van der Waals surface area contributed by atoms with E-state index >= 15 is 0 Å². The van der Waals surface area contributed by atoms with Gasteiger partial charge in [0.2, 0.25) is 0 Å². The lowest BCUT2D eigenvalue weighted by molar-refractivity contribution is 0.0695. The van der Waals surface area contributed by atoms with E-state index in [0.717, 1.165) is 18.4 Å². The van der Waals surface area contributed by atoms with Gasteiger partial charge in [-0.25, -0.2) is 4.79 Å². The molecule has 0 spiro atoms. The number of hydrogen-bond donors (Lipinski definition) is 1. The molecule has 0 amide bonds. The molecular formula is C18H20ClNO3. The van der Waals surface area contributed by atoms with Crippen LogP contribution in [0.25, 0.3) is 11.3 Å². The van der Waals surface area contributed by atoms with Gasteiger partial charge in [-0.2, -0.15) is 0 Å². The third-order valence-electron chi connectivity index (χ3n) is 3.37. The molecule has 0 aliphatic rings. The van der Waals surface area contributed by atoms with E-state index < -0.39 is 5.97 Å². The molecule has 1 N–H and O–H groups in total. The molecule has 0 saturated carbocycles. The van der Waals surface area contributed by atoms with Gasteiger partial charge in [0, 0.05) is 10.6 Å². The Kier molecular flexibility index (Phi) is 5.99. The fraction of sp³-hybridized carbons (Fsp3) is 0.333. The predicted molar refractivity (Wildman–Crippen MR) is 91.4 cm³/mol. The summed E-state index contributed by atoms with van der Waals surface area (Å²) in [6, 6.07) is 8.71. The molecule has 5 heteroatoms. The van der Waals surface area contributed by atoms with Crippen molar-refractivity contribution in [3.63, 3.8) is 0 Å². The van der Waals surface area contributed by atoms with Crippen molar-refractivity contribution in [2.75, 3.05) is 6.61 Å². The lowest BCUT2D eigenvalue weighted by Crippen LogP contribution is -2.06. The van der Waals surface area contributed by atoms with Gasteiger partial charge in [-0.15, -0.1) is 0 Å². The molecule has 0 atom stereocenters.